The Hall–Kier alpha value is -1.54. The third-order valence-electron chi connectivity index (χ3n) is 2.70. The fourth-order valence-electron chi connectivity index (χ4n) is 2.01. The molecule has 7 heteroatoms. The van der Waals surface area contributed by atoms with Crippen LogP contribution in [-0.4, -0.2) is 14.0 Å². The first kappa shape index (κ1) is 15.8. The van der Waals surface area contributed by atoms with Crippen molar-refractivity contribution < 1.29 is 33.3 Å². The van der Waals surface area contributed by atoms with E-state index in [4.69, 9.17) is 18.6 Å². The van der Waals surface area contributed by atoms with Crippen molar-refractivity contribution in [1.29, 1.82) is 0 Å². The Bertz CT molecular complexity index is 719. The maximum absolute atomic E-state index is 8.83. The molecule has 2 aromatic heterocycles. The number of hydrogen-bond acceptors (Lipinski definition) is 5. The van der Waals surface area contributed by atoms with Gasteiger partial charge in [-0.25, -0.2) is 0 Å². The van der Waals surface area contributed by atoms with Crippen molar-refractivity contribution in [3.63, 3.8) is 0 Å². The molecule has 0 unspecified atom stereocenters. The van der Waals surface area contributed by atoms with E-state index in [0.29, 0.717) is 0 Å². The van der Waals surface area contributed by atoms with Gasteiger partial charge >= 0.3 is 28.9 Å². The number of hydrogen-bond donors (Lipinski definition) is 3. The first-order valence-electron chi connectivity index (χ1n) is 5.97. The topological polar surface area (TPSA) is 87.9 Å². The molecule has 1 aromatic carbocycles. The van der Waals surface area contributed by atoms with Gasteiger partial charge in [0, 0.05) is 17.7 Å². The summed E-state index contributed by atoms with van der Waals surface area (Å²) in [7, 11) is -4.19. The van der Waals surface area contributed by atoms with Gasteiger partial charge in [-0.2, -0.15) is 0 Å². The maximum atomic E-state index is 8.83. The van der Waals surface area contributed by atoms with Crippen LogP contribution >= 0.6 is 11.3 Å². The Kier molecular flexibility index (Phi) is 4.89. The summed E-state index contributed by atoms with van der Waals surface area (Å²) in [4.78, 5) is 2.65. The Morgan fingerprint density at radius 3 is 2.19 bits per heavy atom. The molecule has 2 heterocycles. The van der Waals surface area contributed by atoms with E-state index in [0.717, 1.165) is 0 Å². The Labute approximate surface area is 127 Å². The number of benzene rings is 1. The molecule has 0 aliphatic heterocycles. The van der Waals surface area contributed by atoms with Crippen molar-refractivity contribution in [2.45, 2.75) is 6.92 Å². The van der Waals surface area contributed by atoms with Crippen LogP contribution in [-0.2, 0) is 0 Å². The molecule has 3 N–H and O–H groups in total. The Morgan fingerprint density at radius 2 is 1.57 bits per heavy atom. The second-order valence-corrected chi connectivity index (χ2v) is 6.32. The van der Waals surface area contributed by atoms with Gasteiger partial charge in [0.2, 0.25) is 5.69 Å². The molecule has 0 aliphatic carbocycles. The summed E-state index contributed by atoms with van der Waals surface area (Å²) in [6, 6.07) is 16.9. The van der Waals surface area contributed by atoms with Gasteiger partial charge in [-0.3, -0.25) is 0 Å². The van der Waals surface area contributed by atoms with E-state index in [9.17, 15) is 0 Å². The van der Waals surface area contributed by atoms with Crippen molar-refractivity contribution >= 4 is 16.2 Å². The van der Waals surface area contributed by atoms with Gasteiger partial charge in [0.15, 0.2) is 6.20 Å². The van der Waals surface area contributed by atoms with Gasteiger partial charge in [0.25, 0.3) is 4.83 Å². The van der Waals surface area contributed by atoms with Crippen molar-refractivity contribution in [3.8, 4) is 11.3 Å². The van der Waals surface area contributed by atoms with E-state index >= 15 is 0 Å². The number of aromatic nitrogens is 1. The third kappa shape index (κ3) is 4.47. The molecule has 0 saturated heterocycles. The number of fused-ring (bicyclic) bond motifs is 1. The molecule has 0 spiro atoms. The number of aryl methyl sites for hydroxylation is 1. The van der Waals surface area contributed by atoms with Crippen molar-refractivity contribution in [2.75, 3.05) is 0 Å². The molecular weight excluding hydrogens is 314 g/mol. The Balaban J connectivity index is 0.000000282. The van der Waals surface area contributed by atoms with E-state index in [2.05, 4.69) is 66.1 Å². The van der Waals surface area contributed by atoms with Crippen LogP contribution in [0, 0.1) is 17.2 Å². The summed E-state index contributed by atoms with van der Waals surface area (Å²) < 4.78 is 32.5. The van der Waals surface area contributed by atoms with Gasteiger partial charge < -0.3 is 0 Å². The van der Waals surface area contributed by atoms with Gasteiger partial charge in [0.05, 0.1) is 4.88 Å². The second kappa shape index (κ2) is 6.48. The summed E-state index contributed by atoms with van der Waals surface area (Å²) in [6.07, 6.45) is 2.13. The van der Waals surface area contributed by atoms with Crippen LogP contribution in [0.4, 0.5) is 0 Å². The first-order chi connectivity index (χ1) is 9.86. The average Bonchev–Trinajstić information content (AvgIpc) is 2.73. The van der Waals surface area contributed by atoms with Crippen molar-refractivity contribution in [2.24, 2.45) is 0 Å². The van der Waals surface area contributed by atoms with Crippen LogP contribution in [0.5, 0.6) is 0 Å². The van der Waals surface area contributed by atoms with Crippen LogP contribution in [0.25, 0.3) is 16.1 Å². The normalized spacial score (nSPS) is 11.9. The number of pyridine rings is 1. The quantitative estimate of drug-likeness (QED) is 0.571. The van der Waals surface area contributed by atoms with Gasteiger partial charge in [0.1, 0.15) is 0 Å². The molecule has 3 rings (SSSR count). The molecule has 0 bridgehead atoms. The number of nitrogens with zero attached hydrogens (tertiary/aromatic N) is 1. The predicted octanol–water partition coefficient (Wildman–Crippen LogP) is 0.602. The third-order valence-corrected chi connectivity index (χ3v) is 3.74. The summed E-state index contributed by atoms with van der Waals surface area (Å²) in [6.45, 7) is 2.18. The SMILES string of the molecule is Cc1sc2cccc[n+]2c1-c1ccccc1.[O-][Cl+](O)(O)O. The molecule has 0 aliphatic rings. The summed E-state index contributed by atoms with van der Waals surface area (Å²) in [5, 5.41) is 0. The molecule has 0 amide bonds. The number of thiazole rings is 1. The molecule has 112 valence electrons. The molecule has 21 heavy (non-hydrogen) atoms. The Morgan fingerprint density at radius 1 is 1.00 bits per heavy atom. The fraction of sp³-hybridized carbons (Fsp3) is 0.0714. The van der Waals surface area contributed by atoms with E-state index < -0.39 is 10.2 Å². The molecule has 3 aromatic rings. The van der Waals surface area contributed by atoms with Crippen LogP contribution in [0.1, 0.15) is 4.88 Å². The molecule has 0 fully saturated rings. The van der Waals surface area contributed by atoms with E-state index in [1.165, 1.54) is 21.0 Å². The summed E-state index contributed by atoms with van der Waals surface area (Å²) in [5.41, 5.74) is 2.59. The van der Waals surface area contributed by atoms with Crippen LogP contribution in [0.3, 0.4) is 0 Å². The van der Waals surface area contributed by atoms with Crippen molar-refractivity contribution in [3.05, 3.63) is 59.6 Å². The second-order valence-electron chi connectivity index (χ2n) is 4.22. The molecule has 0 saturated carbocycles. The van der Waals surface area contributed by atoms with E-state index in [1.54, 1.807) is 0 Å². The molecule has 0 atom stereocenters. The summed E-state index contributed by atoms with van der Waals surface area (Å²) >= 11 is 1.84. The molecule has 0 radical (unpaired) electrons. The molecule has 5 nitrogen and oxygen atoms in total. The van der Waals surface area contributed by atoms with E-state index in [-0.39, 0.29) is 0 Å². The zero-order chi connectivity index (χ0) is 15.5. The van der Waals surface area contributed by atoms with Gasteiger partial charge in [-0.15, -0.1) is 4.40 Å². The minimum atomic E-state index is -4.19. The average molecular weight is 329 g/mol. The zero-order valence-electron chi connectivity index (χ0n) is 11.2. The number of rotatable bonds is 1. The zero-order valence-corrected chi connectivity index (χ0v) is 12.8. The van der Waals surface area contributed by atoms with Gasteiger partial charge in [-0.05, 0) is 25.1 Å². The van der Waals surface area contributed by atoms with Crippen molar-refractivity contribution in [1.82, 2.24) is 0 Å². The van der Waals surface area contributed by atoms with Crippen LogP contribution in [0.15, 0.2) is 54.7 Å². The predicted molar refractivity (Wildman–Crippen MR) is 74.3 cm³/mol. The fourth-order valence-corrected chi connectivity index (χ4v) is 3.03. The van der Waals surface area contributed by atoms with E-state index in [1.807, 2.05) is 11.3 Å². The summed E-state index contributed by atoms with van der Waals surface area (Å²) in [5.74, 6) is 0. The molecular formula is C14H15ClNO4S+. The first-order valence-corrected chi connectivity index (χ1v) is 8.11. The van der Waals surface area contributed by atoms with Gasteiger partial charge in [-0.1, -0.05) is 29.5 Å². The monoisotopic (exact) mass is 328 g/mol. The van der Waals surface area contributed by atoms with Crippen LogP contribution < -0.4 is 9.06 Å². The number of halogens is 1. The van der Waals surface area contributed by atoms with Crippen LogP contribution in [0.2, 0.25) is 0 Å². The minimum absolute atomic E-state index is 1.28. The standard InChI is InChI=1S/C14H12NS.ClH3O4/c1-11-14(12-7-3-2-4-8-12)15-10-6-5-9-13(15)16-11;2-1(3,4)5/h2-10H,1H3;2-4H/q+1;.